The molecule has 0 unspecified atom stereocenters. The van der Waals surface area contributed by atoms with Gasteiger partial charge in [-0.2, -0.15) is 0 Å². The molecule has 1 saturated heterocycles. The van der Waals surface area contributed by atoms with E-state index >= 15 is 0 Å². The van der Waals surface area contributed by atoms with Crippen LogP contribution in [0.25, 0.3) is 0 Å². The van der Waals surface area contributed by atoms with E-state index in [-0.39, 0.29) is 12.2 Å². The molecule has 1 amide bonds. The number of primary amides is 1. The third-order valence-electron chi connectivity index (χ3n) is 4.04. The summed E-state index contributed by atoms with van der Waals surface area (Å²) in [5, 5.41) is 0. The van der Waals surface area contributed by atoms with Crippen LogP contribution < -0.4 is 5.73 Å². The Morgan fingerprint density at radius 3 is 2.57 bits per heavy atom. The summed E-state index contributed by atoms with van der Waals surface area (Å²) in [6, 6.07) is 0. The van der Waals surface area contributed by atoms with Crippen molar-refractivity contribution in [3.8, 4) is 0 Å². The molecule has 0 spiro atoms. The van der Waals surface area contributed by atoms with Crippen LogP contribution in [0.1, 0.15) is 47.5 Å². The van der Waals surface area contributed by atoms with Gasteiger partial charge in [0.25, 0.3) is 0 Å². The molecule has 4 heteroatoms. The molecule has 21 heavy (non-hydrogen) atoms. The molecule has 1 rings (SSSR count). The smallest absolute Gasteiger partial charge is 0.241 e. The summed E-state index contributed by atoms with van der Waals surface area (Å²) in [5.74, 6) is -0.155. The van der Waals surface area contributed by atoms with E-state index in [0.717, 1.165) is 12.8 Å². The van der Waals surface area contributed by atoms with Crippen LogP contribution in [0.3, 0.4) is 0 Å². The molecule has 1 aliphatic heterocycles. The highest BCUT2D eigenvalue weighted by atomic mass is 16.7. The molecule has 0 aromatic rings. The molecule has 1 aliphatic rings. The van der Waals surface area contributed by atoms with Gasteiger partial charge in [0, 0.05) is 12.0 Å². The standard InChI is InChI=1S/C17H29NO3/c1-6-12(2)16-13(3)14(20-17(4,5)21-16)10-8-7-9-11-15(18)19/h7-9,11-14,16H,6,10H2,1-5H3,(H2,18,19)/b8-7+,11-9-/t12-,13-,14-,16+/m1/s1. The highest BCUT2D eigenvalue weighted by Gasteiger charge is 2.41. The van der Waals surface area contributed by atoms with E-state index in [9.17, 15) is 4.79 Å². The van der Waals surface area contributed by atoms with E-state index in [4.69, 9.17) is 15.2 Å². The quantitative estimate of drug-likeness (QED) is 0.604. The second-order valence-electron chi connectivity index (χ2n) is 6.31. The molecule has 0 aliphatic carbocycles. The maximum Gasteiger partial charge on any atom is 0.241 e. The van der Waals surface area contributed by atoms with Crippen molar-refractivity contribution in [1.29, 1.82) is 0 Å². The fourth-order valence-electron chi connectivity index (χ4n) is 2.72. The van der Waals surface area contributed by atoms with E-state index in [0.29, 0.717) is 11.8 Å². The number of carbonyl (C=O) groups excluding carboxylic acids is 1. The molecule has 0 aromatic heterocycles. The summed E-state index contributed by atoms with van der Waals surface area (Å²) < 4.78 is 12.2. The van der Waals surface area contributed by atoms with E-state index in [1.807, 2.05) is 26.0 Å². The van der Waals surface area contributed by atoms with Crippen LogP contribution in [0.4, 0.5) is 0 Å². The number of hydrogen-bond donors (Lipinski definition) is 1. The highest BCUT2D eigenvalue weighted by molar-refractivity contribution is 5.85. The monoisotopic (exact) mass is 295 g/mol. The average molecular weight is 295 g/mol. The molecular formula is C17H29NO3. The van der Waals surface area contributed by atoms with E-state index in [1.54, 1.807) is 6.08 Å². The summed E-state index contributed by atoms with van der Waals surface area (Å²) in [4.78, 5) is 10.6. The van der Waals surface area contributed by atoms with Crippen LogP contribution in [0.2, 0.25) is 0 Å². The van der Waals surface area contributed by atoms with E-state index in [2.05, 4.69) is 20.8 Å². The van der Waals surface area contributed by atoms with Gasteiger partial charge in [0.15, 0.2) is 5.79 Å². The summed E-state index contributed by atoms with van der Waals surface area (Å²) >= 11 is 0. The first kappa shape index (κ1) is 17.9. The average Bonchev–Trinajstić information content (AvgIpc) is 2.40. The first-order valence-electron chi connectivity index (χ1n) is 7.75. The lowest BCUT2D eigenvalue weighted by Gasteiger charge is -2.46. The third-order valence-corrected chi connectivity index (χ3v) is 4.04. The van der Waals surface area contributed by atoms with Crippen molar-refractivity contribution in [3.05, 3.63) is 24.3 Å². The van der Waals surface area contributed by atoms with Gasteiger partial charge in [-0.05, 0) is 26.2 Å². The van der Waals surface area contributed by atoms with E-state index < -0.39 is 11.7 Å². The minimum Gasteiger partial charge on any atom is -0.366 e. The molecule has 0 saturated carbocycles. The minimum absolute atomic E-state index is 0.117. The number of ether oxygens (including phenoxy) is 2. The Hall–Kier alpha value is -1.13. The van der Waals surface area contributed by atoms with Crippen LogP contribution in [-0.2, 0) is 14.3 Å². The predicted octanol–water partition coefficient (Wildman–Crippen LogP) is 3.18. The second kappa shape index (κ2) is 7.76. The SMILES string of the molecule is CC[C@@H](C)[C@@H]1OC(C)(C)O[C@H](C/C=C/C=C\C(N)=O)[C@H]1C. The molecule has 4 atom stereocenters. The highest BCUT2D eigenvalue weighted by Crippen LogP contribution is 2.36. The molecule has 0 aromatic carbocycles. The maximum absolute atomic E-state index is 10.6. The molecule has 2 N–H and O–H groups in total. The first-order chi connectivity index (χ1) is 9.76. The molecule has 1 fully saturated rings. The Bertz CT molecular complexity index is 401. The van der Waals surface area contributed by atoms with Gasteiger partial charge in [-0.15, -0.1) is 0 Å². The van der Waals surface area contributed by atoms with Crippen molar-refractivity contribution < 1.29 is 14.3 Å². The van der Waals surface area contributed by atoms with Crippen molar-refractivity contribution in [2.24, 2.45) is 17.6 Å². The topological polar surface area (TPSA) is 61.6 Å². The van der Waals surface area contributed by atoms with Gasteiger partial charge in [-0.25, -0.2) is 0 Å². The Morgan fingerprint density at radius 1 is 1.33 bits per heavy atom. The number of nitrogens with two attached hydrogens (primary N) is 1. The molecule has 120 valence electrons. The van der Waals surface area contributed by atoms with E-state index in [1.165, 1.54) is 6.08 Å². The number of amides is 1. The number of rotatable bonds is 6. The zero-order valence-corrected chi connectivity index (χ0v) is 13.8. The largest absolute Gasteiger partial charge is 0.366 e. The van der Waals surface area contributed by atoms with Crippen molar-refractivity contribution in [1.82, 2.24) is 0 Å². The maximum atomic E-state index is 10.6. The number of carbonyl (C=O) groups is 1. The van der Waals surface area contributed by atoms with Gasteiger partial charge in [0.05, 0.1) is 12.2 Å². The molecule has 4 nitrogen and oxygen atoms in total. The second-order valence-corrected chi connectivity index (χ2v) is 6.31. The van der Waals surface area contributed by atoms with Gasteiger partial charge in [0.1, 0.15) is 0 Å². The fraction of sp³-hybridized carbons (Fsp3) is 0.706. The van der Waals surface area contributed by atoms with Crippen molar-refractivity contribution in [2.75, 3.05) is 0 Å². The van der Waals surface area contributed by atoms with Crippen molar-refractivity contribution in [2.45, 2.75) is 65.5 Å². The Labute approximate surface area is 128 Å². The van der Waals surface area contributed by atoms with Gasteiger partial charge >= 0.3 is 0 Å². The van der Waals surface area contributed by atoms with Gasteiger partial charge in [-0.1, -0.05) is 45.4 Å². The lowest BCUT2D eigenvalue weighted by Crippen LogP contribution is -2.52. The molecule has 0 radical (unpaired) electrons. The Balaban J connectivity index is 2.69. The summed E-state index contributed by atoms with van der Waals surface area (Å²) in [6.07, 6.45) is 9.06. The van der Waals surface area contributed by atoms with Gasteiger partial charge in [-0.3, -0.25) is 4.79 Å². The lowest BCUT2D eigenvalue weighted by molar-refractivity contribution is -0.326. The van der Waals surface area contributed by atoms with Gasteiger partial charge < -0.3 is 15.2 Å². The molecule has 0 bridgehead atoms. The third kappa shape index (κ3) is 5.64. The van der Waals surface area contributed by atoms with Crippen LogP contribution in [0, 0.1) is 11.8 Å². The minimum atomic E-state index is -0.553. The summed E-state index contributed by atoms with van der Waals surface area (Å²) in [7, 11) is 0. The van der Waals surface area contributed by atoms with Gasteiger partial charge in [0.2, 0.25) is 5.91 Å². The normalized spacial score (nSPS) is 30.8. The van der Waals surface area contributed by atoms with Crippen molar-refractivity contribution >= 4 is 5.91 Å². The zero-order valence-electron chi connectivity index (χ0n) is 13.8. The first-order valence-corrected chi connectivity index (χ1v) is 7.75. The fourth-order valence-corrected chi connectivity index (χ4v) is 2.72. The summed E-state index contributed by atoms with van der Waals surface area (Å²) in [5.41, 5.74) is 5.04. The van der Waals surface area contributed by atoms with Crippen molar-refractivity contribution in [3.63, 3.8) is 0 Å². The molecule has 1 heterocycles. The summed E-state index contributed by atoms with van der Waals surface area (Å²) in [6.45, 7) is 10.5. The predicted molar refractivity (Wildman–Crippen MR) is 84.5 cm³/mol. The Kier molecular flexibility index (Phi) is 6.62. The van der Waals surface area contributed by atoms with Crippen LogP contribution in [0.5, 0.6) is 0 Å². The number of hydrogen-bond acceptors (Lipinski definition) is 3. The van der Waals surface area contributed by atoms with Crippen LogP contribution in [0.15, 0.2) is 24.3 Å². The number of allylic oxidation sites excluding steroid dienone is 2. The van der Waals surface area contributed by atoms with Crippen LogP contribution in [-0.4, -0.2) is 23.9 Å². The van der Waals surface area contributed by atoms with Crippen LogP contribution >= 0.6 is 0 Å². The Morgan fingerprint density at radius 2 is 2.00 bits per heavy atom. The zero-order chi connectivity index (χ0) is 16.0. The molecular weight excluding hydrogens is 266 g/mol. The lowest BCUT2D eigenvalue weighted by atomic mass is 9.85.